The van der Waals surface area contributed by atoms with Crippen LogP contribution in [0.2, 0.25) is 0 Å². The van der Waals surface area contributed by atoms with Crippen LogP contribution in [0.25, 0.3) is 0 Å². The Morgan fingerprint density at radius 1 is 0.253 bits per heavy atom. The van der Waals surface area contributed by atoms with E-state index in [0.717, 1.165) is 89.9 Å². The van der Waals surface area contributed by atoms with E-state index in [9.17, 15) is 14.4 Å². The molecule has 1 atom stereocenters. The lowest BCUT2D eigenvalue weighted by atomic mass is 10.0. The van der Waals surface area contributed by atoms with E-state index < -0.39 is 6.10 Å². The van der Waals surface area contributed by atoms with Gasteiger partial charge in [0.1, 0.15) is 13.2 Å². The monoisotopic (exact) mass is 1160 g/mol. The summed E-state index contributed by atoms with van der Waals surface area (Å²) in [6, 6.07) is 0. The molecular weight excluding hydrogens is 1020 g/mol. The summed E-state index contributed by atoms with van der Waals surface area (Å²) in [4.78, 5) is 38.5. The van der Waals surface area contributed by atoms with Crippen molar-refractivity contribution < 1.29 is 28.6 Å². The molecule has 0 heterocycles. The highest BCUT2D eigenvalue weighted by Crippen LogP contribution is 2.19. The van der Waals surface area contributed by atoms with Crippen molar-refractivity contribution in [3.8, 4) is 0 Å². The van der Waals surface area contributed by atoms with Gasteiger partial charge < -0.3 is 14.2 Å². The molecule has 0 saturated carbocycles. The lowest BCUT2D eigenvalue weighted by Gasteiger charge is -2.18. The zero-order chi connectivity index (χ0) is 59.9. The van der Waals surface area contributed by atoms with Crippen molar-refractivity contribution in [3.63, 3.8) is 0 Å². The van der Waals surface area contributed by atoms with Crippen molar-refractivity contribution in [3.05, 3.63) is 60.8 Å². The maximum absolute atomic E-state index is 13.0. The summed E-state index contributed by atoms with van der Waals surface area (Å²) in [5, 5.41) is 0. The van der Waals surface area contributed by atoms with Crippen molar-refractivity contribution in [2.24, 2.45) is 0 Å². The van der Waals surface area contributed by atoms with Crippen LogP contribution in [0.4, 0.5) is 0 Å². The molecule has 0 aromatic heterocycles. The molecule has 0 aliphatic rings. The average molecular weight is 1160 g/mol. The van der Waals surface area contributed by atoms with Crippen LogP contribution in [-0.2, 0) is 28.6 Å². The number of ether oxygens (including phenoxy) is 3. The van der Waals surface area contributed by atoms with E-state index in [-0.39, 0.29) is 31.1 Å². The van der Waals surface area contributed by atoms with Crippen molar-refractivity contribution in [1.29, 1.82) is 0 Å². The predicted molar refractivity (Wildman–Crippen MR) is 362 cm³/mol. The molecule has 6 heteroatoms. The Hall–Kier alpha value is -2.89. The standard InChI is InChI=1S/C77H140O6/c1-4-7-10-13-16-19-22-25-28-31-33-35-36-37-38-39-40-42-43-46-49-52-55-58-61-64-67-70-76(79)82-73-74(72-81-75(78)69-66-63-60-57-54-51-48-45-30-27-24-21-18-15-12-9-6-3)83-77(80)71-68-65-62-59-56-53-50-47-44-41-34-32-29-26-23-20-17-14-11-8-5-2/h9,12,18,21,23,26-27,30,32,34,74H,4-8,10-11,13-17,19-20,22,24-25,28-29,31,33,35-73H2,1-3H3/b12-9-,21-18-,26-23-,30-27-,34-32-. The summed E-state index contributed by atoms with van der Waals surface area (Å²) < 4.78 is 17.0. The predicted octanol–water partition coefficient (Wildman–Crippen LogP) is 25.5. The number of hydrogen-bond donors (Lipinski definition) is 0. The first-order valence-corrected chi connectivity index (χ1v) is 36.8. The van der Waals surface area contributed by atoms with E-state index in [1.165, 1.54) is 263 Å². The van der Waals surface area contributed by atoms with Gasteiger partial charge >= 0.3 is 17.9 Å². The Labute approximate surface area is 517 Å². The molecule has 0 aromatic carbocycles. The molecule has 0 N–H and O–H groups in total. The minimum atomic E-state index is -0.782. The highest BCUT2D eigenvalue weighted by atomic mass is 16.6. The number of rotatable bonds is 68. The molecular formula is C77H140O6. The topological polar surface area (TPSA) is 78.9 Å². The molecule has 6 nitrogen and oxygen atoms in total. The molecule has 0 fully saturated rings. The van der Waals surface area contributed by atoms with Crippen LogP contribution in [0, 0.1) is 0 Å². The summed E-state index contributed by atoms with van der Waals surface area (Å²) in [5.41, 5.74) is 0. The van der Waals surface area contributed by atoms with Crippen molar-refractivity contribution in [2.75, 3.05) is 13.2 Å². The molecule has 0 bridgehead atoms. The van der Waals surface area contributed by atoms with Gasteiger partial charge in [-0.25, -0.2) is 0 Å². The van der Waals surface area contributed by atoms with Crippen LogP contribution in [-0.4, -0.2) is 37.2 Å². The van der Waals surface area contributed by atoms with Crippen molar-refractivity contribution in [2.45, 2.75) is 399 Å². The first-order valence-electron chi connectivity index (χ1n) is 36.8. The zero-order valence-electron chi connectivity index (χ0n) is 55.7. The van der Waals surface area contributed by atoms with E-state index in [1.54, 1.807) is 0 Å². The van der Waals surface area contributed by atoms with Gasteiger partial charge in [0.25, 0.3) is 0 Å². The molecule has 0 amide bonds. The van der Waals surface area contributed by atoms with E-state index in [1.807, 2.05) is 0 Å². The van der Waals surface area contributed by atoms with Gasteiger partial charge in [-0.05, 0) is 83.5 Å². The molecule has 0 saturated heterocycles. The van der Waals surface area contributed by atoms with Gasteiger partial charge in [-0.3, -0.25) is 14.4 Å². The van der Waals surface area contributed by atoms with Gasteiger partial charge in [-0.1, -0.05) is 351 Å². The van der Waals surface area contributed by atoms with Gasteiger partial charge in [0.15, 0.2) is 6.10 Å². The third kappa shape index (κ3) is 69.8. The Bertz CT molecular complexity index is 1470. The Morgan fingerprint density at radius 2 is 0.470 bits per heavy atom. The average Bonchev–Trinajstić information content (AvgIpc) is 3.50. The highest BCUT2D eigenvalue weighted by molar-refractivity contribution is 5.71. The van der Waals surface area contributed by atoms with Gasteiger partial charge in [-0.2, -0.15) is 0 Å². The second-order valence-electron chi connectivity index (χ2n) is 24.8. The van der Waals surface area contributed by atoms with Crippen molar-refractivity contribution in [1.82, 2.24) is 0 Å². The third-order valence-corrected chi connectivity index (χ3v) is 16.5. The number of hydrogen-bond acceptors (Lipinski definition) is 6. The molecule has 484 valence electrons. The molecule has 0 radical (unpaired) electrons. The first-order chi connectivity index (χ1) is 41.0. The molecule has 0 spiro atoms. The first kappa shape index (κ1) is 80.1. The molecule has 0 aliphatic heterocycles. The highest BCUT2D eigenvalue weighted by Gasteiger charge is 2.19. The smallest absolute Gasteiger partial charge is 0.306 e. The Balaban J connectivity index is 4.28. The summed E-state index contributed by atoms with van der Waals surface area (Å²) in [6.45, 7) is 6.58. The third-order valence-electron chi connectivity index (χ3n) is 16.5. The molecule has 83 heavy (non-hydrogen) atoms. The lowest BCUT2D eigenvalue weighted by Crippen LogP contribution is -2.30. The van der Waals surface area contributed by atoms with Gasteiger partial charge in [-0.15, -0.1) is 0 Å². The van der Waals surface area contributed by atoms with E-state index in [0.29, 0.717) is 19.3 Å². The summed E-state index contributed by atoms with van der Waals surface area (Å²) in [6.07, 6.45) is 92.6. The fraction of sp³-hybridized carbons (Fsp3) is 0.831. The SMILES string of the molecule is CC/C=C\C/C=C\C/C=C\CCCCCCCCCC(=O)OCC(COC(=O)CCCCCCCCCCCCCCCCCCCCCCCCCCCCC)OC(=O)CCCCCCCCCCC/C=C\C/C=C\CCCCCCC. The Morgan fingerprint density at radius 3 is 0.735 bits per heavy atom. The van der Waals surface area contributed by atoms with Crippen LogP contribution in [0.1, 0.15) is 393 Å². The van der Waals surface area contributed by atoms with Crippen LogP contribution >= 0.6 is 0 Å². The minimum absolute atomic E-state index is 0.0753. The maximum atomic E-state index is 13.0. The van der Waals surface area contributed by atoms with E-state index in [2.05, 4.69) is 81.5 Å². The largest absolute Gasteiger partial charge is 0.462 e. The van der Waals surface area contributed by atoms with Crippen LogP contribution < -0.4 is 0 Å². The van der Waals surface area contributed by atoms with Crippen LogP contribution in [0.3, 0.4) is 0 Å². The molecule has 0 aromatic rings. The number of allylic oxidation sites excluding steroid dienone is 10. The van der Waals surface area contributed by atoms with Crippen molar-refractivity contribution >= 4 is 17.9 Å². The summed E-state index contributed by atoms with van der Waals surface area (Å²) >= 11 is 0. The summed E-state index contributed by atoms with van der Waals surface area (Å²) in [7, 11) is 0. The zero-order valence-corrected chi connectivity index (χ0v) is 55.7. The molecule has 0 rings (SSSR count). The minimum Gasteiger partial charge on any atom is -0.462 e. The van der Waals surface area contributed by atoms with Gasteiger partial charge in [0.05, 0.1) is 0 Å². The van der Waals surface area contributed by atoms with Gasteiger partial charge in [0, 0.05) is 19.3 Å². The molecule has 1 unspecified atom stereocenters. The number of carbonyl (C=O) groups excluding carboxylic acids is 3. The fourth-order valence-corrected chi connectivity index (χ4v) is 11.0. The fourth-order valence-electron chi connectivity index (χ4n) is 11.0. The summed E-state index contributed by atoms with van der Waals surface area (Å²) in [5.74, 6) is -0.864. The second kappa shape index (κ2) is 71.6. The molecule has 0 aliphatic carbocycles. The lowest BCUT2D eigenvalue weighted by molar-refractivity contribution is -0.167. The number of unbranched alkanes of at least 4 members (excludes halogenated alkanes) is 47. The number of esters is 3. The van der Waals surface area contributed by atoms with Crippen LogP contribution in [0.5, 0.6) is 0 Å². The van der Waals surface area contributed by atoms with Gasteiger partial charge in [0.2, 0.25) is 0 Å². The normalized spacial score (nSPS) is 12.4. The van der Waals surface area contributed by atoms with Crippen LogP contribution in [0.15, 0.2) is 60.8 Å². The quantitative estimate of drug-likeness (QED) is 0.0261. The second-order valence-corrected chi connectivity index (χ2v) is 24.8. The Kier molecular flexibility index (Phi) is 69.1. The maximum Gasteiger partial charge on any atom is 0.306 e. The number of carbonyl (C=O) groups is 3. The van der Waals surface area contributed by atoms with E-state index >= 15 is 0 Å². The van der Waals surface area contributed by atoms with E-state index in [4.69, 9.17) is 14.2 Å².